The van der Waals surface area contributed by atoms with E-state index in [0.717, 1.165) is 12.0 Å². The Bertz CT molecular complexity index is 383. The summed E-state index contributed by atoms with van der Waals surface area (Å²) in [5, 5.41) is 8.56. The topological polar surface area (TPSA) is 33.0 Å². The first-order chi connectivity index (χ1) is 6.99. The van der Waals surface area contributed by atoms with Gasteiger partial charge in [-0.05, 0) is 23.5 Å². The van der Waals surface area contributed by atoms with Crippen LogP contribution >= 0.6 is 0 Å². The highest BCUT2D eigenvalue weighted by Crippen LogP contribution is 2.32. The van der Waals surface area contributed by atoms with E-state index < -0.39 is 0 Å². The summed E-state index contributed by atoms with van der Waals surface area (Å²) in [4.78, 5) is 0. The lowest BCUT2D eigenvalue weighted by atomic mass is 9.85. The Kier molecular flexibility index (Phi) is 3.36. The molecule has 0 radical (unpaired) electrons. The minimum absolute atomic E-state index is 0.00262. The third-order valence-electron chi connectivity index (χ3n) is 2.42. The predicted molar refractivity (Wildman–Crippen MR) is 60.8 cm³/mol. The van der Waals surface area contributed by atoms with Crippen LogP contribution in [0.5, 0.6) is 5.75 Å². The number of ether oxygens (including phenoxy) is 1. The molecule has 1 aromatic carbocycles. The molecule has 0 atom stereocenters. The summed E-state index contributed by atoms with van der Waals surface area (Å²) in [6.45, 7) is 8.47. The van der Waals surface area contributed by atoms with Crippen molar-refractivity contribution in [1.82, 2.24) is 0 Å². The number of benzene rings is 1. The van der Waals surface area contributed by atoms with Gasteiger partial charge in [0.25, 0.3) is 6.26 Å². The molecule has 0 spiro atoms. The van der Waals surface area contributed by atoms with Gasteiger partial charge in [-0.1, -0.05) is 39.8 Å². The highest BCUT2D eigenvalue weighted by Gasteiger charge is 2.19. The number of nitrogens with zero attached hydrogens (tertiary/aromatic N) is 1. The lowest BCUT2D eigenvalue weighted by Crippen LogP contribution is -2.13. The van der Waals surface area contributed by atoms with Crippen LogP contribution in [0.15, 0.2) is 18.2 Å². The molecule has 0 amide bonds. The molecule has 0 aromatic heterocycles. The summed E-state index contributed by atoms with van der Waals surface area (Å²) in [5.74, 6) is 0.669. The minimum atomic E-state index is -0.00262. The molecule has 2 heteroatoms. The maximum atomic E-state index is 8.56. The van der Waals surface area contributed by atoms with Crippen LogP contribution in [0, 0.1) is 11.5 Å². The maximum absolute atomic E-state index is 8.56. The molecule has 0 saturated carbocycles. The quantitative estimate of drug-likeness (QED) is 0.690. The molecule has 0 N–H and O–H groups in total. The maximum Gasteiger partial charge on any atom is 0.292 e. The zero-order valence-corrected chi connectivity index (χ0v) is 9.79. The largest absolute Gasteiger partial charge is 0.388 e. The van der Waals surface area contributed by atoms with Gasteiger partial charge in [-0.15, -0.1) is 5.26 Å². The first kappa shape index (κ1) is 11.6. The van der Waals surface area contributed by atoms with Crippen molar-refractivity contribution in [2.45, 2.75) is 39.5 Å². The van der Waals surface area contributed by atoms with Crippen LogP contribution in [-0.2, 0) is 11.8 Å². The Labute approximate surface area is 91.5 Å². The average molecular weight is 203 g/mol. The molecular formula is C13H17NO. The number of aryl methyl sites for hydroxylation is 1. The fraction of sp³-hybridized carbons (Fsp3) is 0.462. The van der Waals surface area contributed by atoms with Crippen molar-refractivity contribution < 1.29 is 4.74 Å². The van der Waals surface area contributed by atoms with Crippen molar-refractivity contribution >= 4 is 0 Å². The highest BCUT2D eigenvalue weighted by atomic mass is 16.5. The second-order valence-corrected chi connectivity index (χ2v) is 4.63. The molecular weight excluding hydrogens is 186 g/mol. The fourth-order valence-electron chi connectivity index (χ4n) is 1.52. The Morgan fingerprint density at radius 1 is 1.33 bits per heavy atom. The lowest BCUT2D eigenvalue weighted by molar-refractivity contribution is 0.473. The number of rotatable bonds is 2. The third-order valence-corrected chi connectivity index (χ3v) is 2.42. The zero-order valence-electron chi connectivity index (χ0n) is 9.79. The van der Waals surface area contributed by atoms with Crippen LogP contribution < -0.4 is 4.74 Å². The molecule has 0 aliphatic rings. The summed E-state index contributed by atoms with van der Waals surface area (Å²) in [6, 6.07) is 6.00. The molecule has 0 bridgehead atoms. The minimum Gasteiger partial charge on any atom is -0.388 e. The van der Waals surface area contributed by atoms with Crippen LogP contribution in [0.1, 0.15) is 38.8 Å². The fourth-order valence-corrected chi connectivity index (χ4v) is 1.52. The summed E-state index contributed by atoms with van der Waals surface area (Å²) >= 11 is 0. The summed E-state index contributed by atoms with van der Waals surface area (Å²) in [5.41, 5.74) is 2.35. The van der Waals surface area contributed by atoms with E-state index in [-0.39, 0.29) is 5.41 Å². The van der Waals surface area contributed by atoms with Gasteiger partial charge in [0.05, 0.1) is 0 Å². The monoisotopic (exact) mass is 203 g/mol. The van der Waals surface area contributed by atoms with E-state index in [2.05, 4.69) is 33.8 Å². The van der Waals surface area contributed by atoms with Crippen LogP contribution in [0.4, 0.5) is 0 Å². The van der Waals surface area contributed by atoms with Crippen molar-refractivity contribution in [2.75, 3.05) is 0 Å². The number of hydrogen-bond acceptors (Lipinski definition) is 2. The molecule has 0 aliphatic carbocycles. The van der Waals surface area contributed by atoms with Crippen molar-refractivity contribution in [1.29, 1.82) is 5.26 Å². The third kappa shape index (κ3) is 2.73. The van der Waals surface area contributed by atoms with Gasteiger partial charge in [0.2, 0.25) is 0 Å². The molecule has 0 unspecified atom stereocenters. The van der Waals surface area contributed by atoms with E-state index in [1.165, 1.54) is 5.56 Å². The molecule has 1 aromatic rings. The van der Waals surface area contributed by atoms with E-state index in [0.29, 0.717) is 5.75 Å². The van der Waals surface area contributed by atoms with Crippen LogP contribution in [0.3, 0.4) is 0 Å². The van der Waals surface area contributed by atoms with E-state index in [1.807, 2.05) is 12.1 Å². The first-order valence-corrected chi connectivity index (χ1v) is 5.18. The van der Waals surface area contributed by atoms with E-state index in [1.54, 1.807) is 6.26 Å². The molecule has 15 heavy (non-hydrogen) atoms. The Balaban J connectivity index is 3.24. The molecule has 1 rings (SSSR count). The van der Waals surface area contributed by atoms with Crippen LogP contribution in [0.25, 0.3) is 0 Å². The highest BCUT2D eigenvalue weighted by molar-refractivity contribution is 5.42. The molecule has 0 fully saturated rings. The Hall–Kier alpha value is -1.49. The SMILES string of the molecule is CCc1ccc(OC#N)c(C(C)(C)C)c1. The van der Waals surface area contributed by atoms with Crippen LogP contribution in [0.2, 0.25) is 0 Å². The van der Waals surface area contributed by atoms with Gasteiger partial charge in [0, 0.05) is 5.56 Å². The second-order valence-electron chi connectivity index (χ2n) is 4.63. The van der Waals surface area contributed by atoms with Crippen LogP contribution in [-0.4, -0.2) is 0 Å². The van der Waals surface area contributed by atoms with E-state index in [4.69, 9.17) is 10.00 Å². The Morgan fingerprint density at radius 2 is 2.00 bits per heavy atom. The van der Waals surface area contributed by atoms with E-state index in [9.17, 15) is 0 Å². The first-order valence-electron chi connectivity index (χ1n) is 5.18. The van der Waals surface area contributed by atoms with Crippen molar-refractivity contribution in [2.24, 2.45) is 0 Å². The van der Waals surface area contributed by atoms with Gasteiger partial charge in [0.15, 0.2) is 0 Å². The summed E-state index contributed by atoms with van der Waals surface area (Å²) < 4.78 is 4.97. The molecule has 2 nitrogen and oxygen atoms in total. The average Bonchev–Trinajstić information content (AvgIpc) is 2.17. The van der Waals surface area contributed by atoms with Crippen molar-refractivity contribution in [3.05, 3.63) is 29.3 Å². The van der Waals surface area contributed by atoms with Gasteiger partial charge in [-0.3, -0.25) is 0 Å². The normalized spacial score (nSPS) is 10.9. The molecule has 80 valence electrons. The molecule has 0 saturated heterocycles. The van der Waals surface area contributed by atoms with Gasteiger partial charge in [-0.2, -0.15) is 0 Å². The Morgan fingerprint density at radius 3 is 2.47 bits per heavy atom. The van der Waals surface area contributed by atoms with Gasteiger partial charge >= 0.3 is 0 Å². The smallest absolute Gasteiger partial charge is 0.292 e. The number of hydrogen-bond donors (Lipinski definition) is 0. The lowest BCUT2D eigenvalue weighted by Gasteiger charge is -2.21. The van der Waals surface area contributed by atoms with Crippen molar-refractivity contribution in [3.8, 4) is 12.0 Å². The van der Waals surface area contributed by atoms with Crippen molar-refractivity contribution in [3.63, 3.8) is 0 Å². The second kappa shape index (κ2) is 4.35. The van der Waals surface area contributed by atoms with Gasteiger partial charge in [-0.25, -0.2) is 0 Å². The summed E-state index contributed by atoms with van der Waals surface area (Å²) in [7, 11) is 0. The summed E-state index contributed by atoms with van der Waals surface area (Å²) in [6.07, 6.45) is 2.73. The molecule has 0 aliphatic heterocycles. The van der Waals surface area contributed by atoms with E-state index >= 15 is 0 Å². The predicted octanol–water partition coefficient (Wildman–Crippen LogP) is 3.41. The zero-order chi connectivity index (χ0) is 11.5. The standard InChI is InChI=1S/C13H17NO/c1-5-10-6-7-12(15-9-14)11(8-10)13(2,3)4/h6-8H,5H2,1-4H3. The molecule has 0 heterocycles. The van der Waals surface area contributed by atoms with Gasteiger partial charge < -0.3 is 4.74 Å². The number of nitriles is 1. The van der Waals surface area contributed by atoms with Gasteiger partial charge in [0.1, 0.15) is 5.75 Å².